The number of aryl methyl sites for hydroxylation is 2. The number of hydrogen-bond acceptors (Lipinski definition) is 5. The first kappa shape index (κ1) is 18.3. The van der Waals surface area contributed by atoms with Crippen LogP contribution in [0.1, 0.15) is 41.5 Å². The molecule has 0 radical (unpaired) electrons. The number of pyridine rings is 2. The normalized spacial score (nSPS) is 16.9. The van der Waals surface area contributed by atoms with Crippen molar-refractivity contribution in [1.82, 2.24) is 20.0 Å². The molecule has 144 valence electrons. The average molecular weight is 376 g/mol. The smallest absolute Gasteiger partial charge is 0.227 e. The molecule has 0 saturated carbocycles. The van der Waals surface area contributed by atoms with Crippen LogP contribution in [-0.2, 0) is 11.2 Å². The highest BCUT2D eigenvalue weighted by atomic mass is 16.5. The Morgan fingerprint density at radius 2 is 2.14 bits per heavy atom. The van der Waals surface area contributed by atoms with Gasteiger partial charge in [-0.15, -0.1) is 0 Å². The zero-order chi connectivity index (χ0) is 19.5. The highest BCUT2D eigenvalue weighted by Gasteiger charge is 2.25. The van der Waals surface area contributed by atoms with Gasteiger partial charge in [0.15, 0.2) is 0 Å². The van der Waals surface area contributed by atoms with Crippen molar-refractivity contribution < 1.29 is 9.32 Å². The first-order chi connectivity index (χ1) is 13.6. The molecule has 0 aliphatic carbocycles. The summed E-state index contributed by atoms with van der Waals surface area (Å²) in [5, 5.41) is 4.02. The molecule has 4 rings (SSSR count). The van der Waals surface area contributed by atoms with Gasteiger partial charge in [-0.3, -0.25) is 14.8 Å². The Hall–Kier alpha value is -3.02. The first-order valence-electron chi connectivity index (χ1n) is 9.67. The number of rotatable bonds is 4. The largest absolute Gasteiger partial charge is 0.361 e. The lowest BCUT2D eigenvalue weighted by Crippen LogP contribution is -2.40. The molecule has 1 atom stereocenters. The van der Waals surface area contributed by atoms with E-state index < -0.39 is 0 Å². The van der Waals surface area contributed by atoms with Crippen molar-refractivity contribution >= 4 is 5.91 Å². The topological polar surface area (TPSA) is 72.1 Å². The maximum Gasteiger partial charge on any atom is 0.227 e. The van der Waals surface area contributed by atoms with Crippen molar-refractivity contribution in [1.29, 1.82) is 0 Å². The van der Waals surface area contributed by atoms with E-state index in [1.54, 1.807) is 12.4 Å². The van der Waals surface area contributed by atoms with Crippen LogP contribution in [0.4, 0.5) is 0 Å². The highest BCUT2D eigenvalue weighted by Crippen LogP contribution is 2.30. The van der Waals surface area contributed by atoms with E-state index in [1.807, 2.05) is 37.1 Å². The minimum absolute atomic E-state index is 0.157. The second-order valence-electron chi connectivity index (χ2n) is 7.39. The Labute approximate surface area is 164 Å². The van der Waals surface area contributed by atoms with Gasteiger partial charge in [0.05, 0.1) is 12.1 Å². The van der Waals surface area contributed by atoms with Crippen molar-refractivity contribution in [3.63, 3.8) is 0 Å². The average Bonchev–Trinajstić information content (AvgIpc) is 3.07. The molecular weight excluding hydrogens is 352 g/mol. The van der Waals surface area contributed by atoms with Gasteiger partial charge in [-0.05, 0) is 44.4 Å². The van der Waals surface area contributed by atoms with E-state index in [1.165, 1.54) is 0 Å². The van der Waals surface area contributed by atoms with Crippen molar-refractivity contribution in [2.75, 3.05) is 13.1 Å². The van der Waals surface area contributed by atoms with E-state index in [9.17, 15) is 4.79 Å². The number of piperidine rings is 1. The lowest BCUT2D eigenvalue weighted by molar-refractivity contribution is -0.131. The molecule has 4 heterocycles. The summed E-state index contributed by atoms with van der Waals surface area (Å²) in [5.41, 5.74) is 4.89. The Balaban J connectivity index is 1.45. The van der Waals surface area contributed by atoms with Gasteiger partial charge >= 0.3 is 0 Å². The second kappa shape index (κ2) is 7.92. The number of carbonyl (C=O) groups excluding carboxylic acids is 1. The van der Waals surface area contributed by atoms with Gasteiger partial charge < -0.3 is 9.42 Å². The number of hydrogen-bond donors (Lipinski definition) is 0. The van der Waals surface area contributed by atoms with Crippen LogP contribution in [0.2, 0.25) is 0 Å². The molecule has 0 spiro atoms. The van der Waals surface area contributed by atoms with Crippen LogP contribution in [0.3, 0.4) is 0 Å². The van der Waals surface area contributed by atoms with Crippen LogP contribution in [0.5, 0.6) is 0 Å². The van der Waals surface area contributed by atoms with Crippen LogP contribution in [0.15, 0.2) is 47.4 Å². The van der Waals surface area contributed by atoms with Crippen LogP contribution in [-0.4, -0.2) is 39.0 Å². The molecule has 1 fully saturated rings. The molecule has 28 heavy (non-hydrogen) atoms. The summed E-state index contributed by atoms with van der Waals surface area (Å²) in [4.78, 5) is 23.4. The SMILES string of the molecule is Cc1noc(C)c1-c1ccc(C2CCCN(C(=O)Cc3cccnc3)C2)nc1. The minimum atomic E-state index is 0.157. The number of carbonyl (C=O) groups is 1. The number of amides is 1. The van der Waals surface area contributed by atoms with Crippen LogP contribution in [0.25, 0.3) is 11.1 Å². The molecule has 1 saturated heterocycles. The Morgan fingerprint density at radius 3 is 2.82 bits per heavy atom. The molecule has 3 aromatic rings. The fourth-order valence-corrected chi connectivity index (χ4v) is 3.92. The van der Waals surface area contributed by atoms with Gasteiger partial charge in [0.1, 0.15) is 5.76 Å². The van der Waals surface area contributed by atoms with Gasteiger partial charge in [-0.2, -0.15) is 0 Å². The van der Waals surface area contributed by atoms with Crippen molar-refractivity contribution in [3.8, 4) is 11.1 Å². The standard InChI is InChI=1S/C22H24N4O2/c1-15-22(16(2)28-25-15)18-7-8-20(24-13-18)19-6-4-10-26(14-19)21(27)11-17-5-3-9-23-12-17/h3,5,7-9,12-13,19H,4,6,10-11,14H2,1-2H3. The fraction of sp³-hybridized carbons (Fsp3) is 0.364. The van der Waals surface area contributed by atoms with E-state index in [2.05, 4.69) is 22.3 Å². The molecule has 1 unspecified atom stereocenters. The Kier molecular flexibility index (Phi) is 5.19. The lowest BCUT2D eigenvalue weighted by Gasteiger charge is -2.32. The highest BCUT2D eigenvalue weighted by molar-refractivity contribution is 5.78. The quantitative estimate of drug-likeness (QED) is 0.694. The minimum Gasteiger partial charge on any atom is -0.361 e. The summed E-state index contributed by atoms with van der Waals surface area (Å²) in [6, 6.07) is 7.96. The van der Waals surface area contributed by atoms with E-state index in [-0.39, 0.29) is 11.8 Å². The predicted molar refractivity (Wildman–Crippen MR) is 106 cm³/mol. The molecular formula is C22H24N4O2. The van der Waals surface area contributed by atoms with Crippen LogP contribution in [0, 0.1) is 13.8 Å². The number of likely N-dealkylation sites (tertiary alicyclic amines) is 1. The van der Waals surface area contributed by atoms with Gasteiger partial charge in [-0.1, -0.05) is 17.3 Å². The molecule has 1 aliphatic rings. The zero-order valence-corrected chi connectivity index (χ0v) is 16.3. The van der Waals surface area contributed by atoms with Crippen LogP contribution >= 0.6 is 0 Å². The van der Waals surface area contributed by atoms with E-state index in [4.69, 9.17) is 9.51 Å². The van der Waals surface area contributed by atoms with E-state index >= 15 is 0 Å². The summed E-state index contributed by atoms with van der Waals surface area (Å²) in [5.74, 6) is 1.23. The molecule has 0 bridgehead atoms. The second-order valence-corrected chi connectivity index (χ2v) is 7.39. The molecule has 6 nitrogen and oxygen atoms in total. The summed E-state index contributed by atoms with van der Waals surface area (Å²) in [7, 11) is 0. The van der Waals surface area contributed by atoms with E-state index in [0.29, 0.717) is 6.42 Å². The summed E-state index contributed by atoms with van der Waals surface area (Å²) < 4.78 is 5.26. The fourth-order valence-electron chi connectivity index (χ4n) is 3.92. The third kappa shape index (κ3) is 3.81. The molecule has 1 aliphatic heterocycles. The van der Waals surface area contributed by atoms with Crippen LogP contribution < -0.4 is 0 Å². The van der Waals surface area contributed by atoms with Crippen molar-refractivity contribution in [3.05, 3.63) is 65.6 Å². The molecule has 0 N–H and O–H groups in total. The monoisotopic (exact) mass is 376 g/mol. The number of aromatic nitrogens is 3. The Bertz CT molecular complexity index is 931. The van der Waals surface area contributed by atoms with Gasteiger partial charge in [0.2, 0.25) is 5.91 Å². The van der Waals surface area contributed by atoms with Crippen molar-refractivity contribution in [2.45, 2.75) is 39.0 Å². The molecule has 1 amide bonds. The summed E-state index contributed by atoms with van der Waals surface area (Å²) >= 11 is 0. The van der Waals surface area contributed by atoms with Gasteiger partial charge in [-0.25, -0.2) is 0 Å². The molecule has 0 aromatic carbocycles. The lowest BCUT2D eigenvalue weighted by atomic mass is 9.93. The maximum atomic E-state index is 12.7. The first-order valence-corrected chi connectivity index (χ1v) is 9.67. The Morgan fingerprint density at radius 1 is 1.25 bits per heavy atom. The zero-order valence-electron chi connectivity index (χ0n) is 16.3. The third-order valence-electron chi connectivity index (χ3n) is 5.38. The summed E-state index contributed by atoms with van der Waals surface area (Å²) in [6.07, 6.45) is 7.82. The van der Waals surface area contributed by atoms with Gasteiger partial charge in [0.25, 0.3) is 0 Å². The van der Waals surface area contributed by atoms with Gasteiger partial charge in [0, 0.05) is 54.4 Å². The summed E-state index contributed by atoms with van der Waals surface area (Å²) in [6.45, 7) is 5.38. The maximum absolute atomic E-state index is 12.7. The molecule has 6 heteroatoms. The third-order valence-corrected chi connectivity index (χ3v) is 5.38. The van der Waals surface area contributed by atoms with Crippen molar-refractivity contribution in [2.24, 2.45) is 0 Å². The predicted octanol–water partition coefficient (Wildman–Crippen LogP) is 3.70. The number of nitrogens with zero attached hydrogens (tertiary/aromatic N) is 4. The molecule has 3 aromatic heterocycles. The van der Waals surface area contributed by atoms with E-state index in [0.717, 1.165) is 59.8 Å².